The molecule has 27 heavy (non-hydrogen) atoms. The summed E-state index contributed by atoms with van der Waals surface area (Å²) in [5.74, 6) is -0.397. The Labute approximate surface area is 160 Å². The summed E-state index contributed by atoms with van der Waals surface area (Å²) in [4.78, 5) is 23.4. The van der Waals surface area contributed by atoms with Crippen molar-refractivity contribution >= 4 is 11.6 Å². The number of methoxy groups -OCH3 is 3. The molecule has 1 aromatic carbocycles. The van der Waals surface area contributed by atoms with E-state index in [0.717, 1.165) is 19.3 Å². The van der Waals surface area contributed by atoms with Crippen LogP contribution in [0.15, 0.2) is 6.07 Å². The Bertz CT molecular complexity index is 633. The van der Waals surface area contributed by atoms with Crippen LogP contribution in [-0.2, 0) is 0 Å². The van der Waals surface area contributed by atoms with Gasteiger partial charge in [0.2, 0.25) is 11.5 Å². The highest BCUT2D eigenvalue weighted by atomic mass is 16.6. The van der Waals surface area contributed by atoms with Crippen LogP contribution in [0.1, 0.15) is 62.2 Å². The lowest BCUT2D eigenvalue weighted by molar-refractivity contribution is -0.386. The highest BCUT2D eigenvalue weighted by molar-refractivity contribution is 6.00. The summed E-state index contributed by atoms with van der Waals surface area (Å²) in [7, 11) is 4.03. The van der Waals surface area contributed by atoms with Crippen LogP contribution < -0.4 is 19.5 Å². The zero-order chi connectivity index (χ0) is 20.2. The number of carbonyl (C=O) groups is 1. The number of hydrogen-bond acceptors (Lipinski definition) is 6. The molecule has 0 radical (unpaired) electrons. The number of hydrogen-bond donors (Lipinski definition) is 1. The monoisotopic (exact) mass is 382 g/mol. The van der Waals surface area contributed by atoms with E-state index in [1.807, 2.05) is 0 Å². The van der Waals surface area contributed by atoms with Crippen LogP contribution in [0.4, 0.5) is 5.69 Å². The Balaban J connectivity index is 2.82. The molecular weight excluding hydrogens is 352 g/mol. The number of nitrogens with zero attached hydrogens (tertiary/aromatic N) is 1. The summed E-state index contributed by atoms with van der Waals surface area (Å²) < 4.78 is 15.5. The van der Waals surface area contributed by atoms with Crippen molar-refractivity contribution in [1.82, 2.24) is 5.32 Å². The third-order valence-electron chi connectivity index (χ3n) is 4.30. The second kappa shape index (κ2) is 12.0. The smallest absolute Gasteiger partial charge is 0.327 e. The molecule has 0 aliphatic rings. The molecule has 0 unspecified atom stereocenters. The molecule has 0 heterocycles. The first-order valence-corrected chi connectivity index (χ1v) is 9.27. The number of nitro groups is 1. The van der Waals surface area contributed by atoms with Crippen LogP contribution in [0.5, 0.6) is 17.2 Å². The minimum atomic E-state index is -0.649. The number of benzene rings is 1. The highest BCUT2D eigenvalue weighted by Crippen LogP contribution is 2.46. The molecule has 0 saturated carbocycles. The molecule has 0 saturated heterocycles. The van der Waals surface area contributed by atoms with E-state index in [-0.39, 0.29) is 22.8 Å². The van der Waals surface area contributed by atoms with Crippen molar-refractivity contribution in [2.75, 3.05) is 27.9 Å². The molecule has 0 fully saturated rings. The van der Waals surface area contributed by atoms with Crippen LogP contribution in [-0.4, -0.2) is 38.7 Å². The summed E-state index contributed by atoms with van der Waals surface area (Å²) in [6.45, 7) is 2.64. The van der Waals surface area contributed by atoms with Crippen LogP contribution in [0.3, 0.4) is 0 Å². The van der Waals surface area contributed by atoms with Crippen molar-refractivity contribution in [3.05, 3.63) is 21.7 Å². The second-order valence-electron chi connectivity index (χ2n) is 6.18. The minimum absolute atomic E-state index is 0.0790. The van der Waals surface area contributed by atoms with E-state index in [0.29, 0.717) is 6.54 Å². The minimum Gasteiger partial charge on any atom is -0.493 e. The predicted molar refractivity (Wildman–Crippen MR) is 103 cm³/mol. The average Bonchev–Trinajstić information content (AvgIpc) is 2.67. The Hall–Kier alpha value is -2.51. The molecule has 0 spiro atoms. The Kier molecular flexibility index (Phi) is 10.00. The molecule has 0 aromatic heterocycles. The van der Waals surface area contributed by atoms with E-state index < -0.39 is 16.5 Å². The Morgan fingerprint density at radius 2 is 1.59 bits per heavy atom. The van der Waals surface area contributed by atoms with E-state index in [9.17, 15) is 14.9 Å². The van der Waals surface area contributed by atoms with Crippen molar-refractivity contribution in [3.8, 4) is 17.2 Å². The van der Waals surface area contributed by atoms with Crippen LogP contribution >= 0.6 is 0 Å². The quantitative estimate of drug-likeness (QED) is 0.313. The van der Waals surface area contributed by atoms with Gasteiger partial charge in [-0.15, -0.1) is 0 Å². The molecule has 1 aromatic rings. The maximum Gasteiger partial charge on any atom is 0.327 e. The van der Waals surface area contributed by atoms with Gasteiger partial charge in [0.15, 0.2) is 5.75 Å². The van der Waals surface area contributed by atoms with Crippen molar-refractivity contribution < 1.29 is 23.9 Å². The topological polar surface area (TPSA) is 99.9 Å². The number of amides is 1. The largest absolute Gasteiger partial charge is 0.493 e. The number of carbonyl (C=O) groups excluding carboxylic acids is 1. The van der Waals surface area contributed by atoms with Crippen LogP contribution in [0.2, 0.25) is 0 Å². The fraction of sp³-hybridized carbons (Fsp3) is 0.632. The number of nitrogens with one attached hydrogen (secondary N) is 1. The highest BCUT2D eigenvalue weighted by Gasteiger charge is 2.32. The first-order chi connectivity index (χ1) is 13.0. The summed E-state index contributed by atoms with van der Waals surface area (Å²) in [5, 5.41) is 14.3. The lowest BCUT2D eigenvalue weighted by Gasteiger charge is -2.15. The zero-order valence-corrected chi connectivity index (χ0v) is 16.6. The average molecular weight is 382 g/mol. The molecule has 1 rings (SSSR count). The van der Waals surface area contributed by atoms with E-state index in [1.165, 1.54) is 53.1 Å². The molecule has 0 bridgehead atoms. The summed E-state index contributed by atoms with van der Waals surface area (Å²) in [5.41, 5.74) is -0.551. The standard InChI is InChI=1S/C19H30N2O6/c1-5-6-7-8-9-10-11-12-20-19(22)14-13-15(25-2)17(26-3)18(27-4)16(14)21(23)24/h13H,5-12H2,1-4H3,(H,20,22). The fourth-order valence-corrected chi connectivity index (χ4v) is 2.87. The van der Waals surface area contributed by atoms with Crippen molar-refractivity contribution in [3.63, 3.8) is 0 Å². The first-order valence-electron chi connectivity index (χ1n) is 9.27. The third-order valence-corrected chi connectivity index (χ3v) is 4.30. The van der Waals surface area contributed by atoms with Gasteiger partial charge in [-0.25, -0.2) is 0 Å². The van der Waals surface area contributed by atoms with Gasteiger partial charge in [0.1, 0.15) is 5.56 Å². The van der Waals surface area contributed by atoms with Gasteiger partial charge in [-0.3, -0.25) is 14.9 Å². The van der Waals surface area contributed by atoms with E-state index in [1.54, 1.807) is 0 Å². The van der Waals surface area contributed by atoms with Gasteiger partial charge in [-0.05, 0) is 6.42 Å². The van der Waals surface area contributed by atoms with Gasteiger partial charge >= 0.3 is 5.69 Å². The van der Waals surface area contributed by atoms with Crippen molar-refractivity contribution in [1.29, 1.82) is 0 Å². The number of ether oxygens (including phenoxy) is 3. The Morgan fingerprint density at radius 3 is 2.11 bits per heavy atom. The molecule has 0 aliphatic heterocycles. The number of nitro benzene ring substituents is 1. The van der Waals surface area contributed by atoms with E-state index in [2.05, 4.69) is 12.2 Å². The van der Waals surface area contributed by atoms with E-state index in [4.69, 9.17) is 14.2 Å². The molecule has 0 atom stereocenters. The lowest BCUT2D eigenvalue weighted by Crippen LogP contribution is -2.25. The van der Waals surface area contributed by atoms with Gasteiger partial charge in [0.05, 0.1) is 26.3 Å². The zero-order valence-electron chi connectivity index (χ0n) is 16.6. The molecule has 8 nitrogen and oxygen atoms in total. The van der Waals surface area contributed by atoms with Gasteiger partial charge in [-0.1, -0.05) is 45.4 Å². The summed E-state index contributed by atoms with van der Waals surface area (Å²) in [6.07, 6.45) is 7.86. The van der Waals surface area contributed by atoms with Crippen molar-refractivity contribution in [2.45, 2.75) is 51.9 Å². The normalized spacial score (nSPS) is 10.4. The molecular formula is C19H30N2O6. The third kappa shape index (κ3) is 6.30. The SMILES string of the molecule is CCCCCCCCCNC(=O)c1cc(OC)c(OC)c(OC)c1[N+](=O)[O-]. The number of rotatable bonds is 13. The van der Waals surface area contributed by atoms with Crippen LogP contribution in [0, 0.1) is 10.1 Å². The summed E-state index contributed by atoms with van der Waals surface area (Å²) >= 11 is 0. The molecule has 1 N–H and O–H groups in total. The van der Waals surface area contributed by atoms with Gasteiger partial charge in [0, 0.05) is 12.6 Å². The maximum absolute atomic E-state index is 12.5. The van der Waals surface area contributed by atoms with Gasteiger partial charge in [0.25, 0.3) is 5.91 Å². The maximum atomic E-state index is 12.5. The number of unbranched alkanes of at least 4 members (excludes halogenated alkanes) is 6. The van der Waals surface area contributed by atoms with Crippen molar-refractivity contribution in [2.24, 2.45) is 0 Å². The lowest BCUT2D eigenvalue weighted by atomic mass is 10.1. The molecule has 8 heteroatoms. The summed E-state index contributed by atoms with van der Waals surface area (Å²) in [6, 6.07) is 1.31. The fourth-order valence-electron chi connectivity index (χ4n) is 2.87. The molecule has 0 aliphatic carbocycles. The van der Waals surface area contributed by atoms with Crippen LogP contribution in [0.25, 0.3) is 0 Å². The molecule has 1 amide bonds. The predicted octanol–water partition coefficient (Wildman–Crippen LogP) is 4.10. The molecule has 152 valence electrons. The van der Waals surface area contributed by atoms with Gasteiger partial charge < -0.3 is 19.5 Å². The van der Waals surface area contributed by atoms with Gasteiger partial charge in [-0.2, -0.15) is 0 Å². The second-order valence-corrected chi connectivity index (χ2v) is 6.18. The first kappa shape index (κ1) is 22.5. The Morgan fingerprint density at radius 1 is 1.00 bits per heavy atom. The van der Waals surface area contributed by atoms with E-state index >= 15 is 0 Å².